The molecule has 3 nitrogen and oxygen atoms in total. The first-order valence-electron chi connectivity index (χ1n) is 2.86. The fourth-order valence-electron chi connectivity index (χ4n) is 0.716. The fourth-order valence-corrected chi connectivity index (χ4v) is 0.716. The molecule has 52 valence electrons. The third kappa shape index (κ3) is 1.02. The number of aryl methyl sites for hydroxylation is 1. The van der Waals surface area contributed by atoms with E-state index in [1.165, 1.54) is 0 Å². The highest BCUT2D eigenvalue weighted by atomic mass is 16.3. The van der Waals surface area contributed by atoms with E-state index < -0.39 is 6.10 Å². The molecule has 10 heavy (non-hydrogen) atoms. The topological polar surface area (TPSA) is 38.1 Å². The molecule has 0 aliphatic heterocycles. The Labute approximate surface area is 59.3 Å². The van der Waals surface area contributed by atoms with Gasteiger partial charge < -0.3 is 9.67 Å². The molecule has 1 rings (SSSR count). The lowest BCUT2D eigenvalue weighted by Gasteiger charge is -2.01. The summed E-state index contributed by atoms with van der Waals surface area (Å²) in [6.07, 6.45) is 7.29. The maximum absolute atomic E-state index is 9.10. The summed E-state index contributed by atoms with van der Waals surface area (Å²) >= 11 is 0. The van der Waals surface area contributed by atoms with Crippen LogP contribution in [-0.4, -0.2) is 14.7 Å². The largest absolute Gasteiger partial charge is 0.374 e. The first-order valence-corrected chi connectivity index (χ1v) is 2.86. The van der Waals surface area contributed by atoms with Gasteiger partial charge in [0.25, 0.3) is 0 Å². The Balaban J connectivity index is 2.96. The van der Waals surface area contributed by atoms with E-state index in [4.69, 9.17) is 11.5 Å². The number of imidazole rings is 1. The first-order chi connectivity index (χ1) is 4.75. The molecule has 0 aromatic carbocycles. The van der Waals surface area contributed by atoms with Crippen LogP contribution in [0.2, 0.25) is 0 Å². The van der Waals surface area contributed by atoms with Crippen LogP contribution in [0.5, 0.6) is 0 Å². The Bertz CT molecular complexity index is 259. The van der Waals surface area contributed by atoms with E-state index in [1.807, 2.05) is 0 Å². The van der Waals surface area contributed by atoms with E-state index in [9.17, 15) is 0 Å². The average molecular weight is 136 g/mol. The van der Waals surface area contributed by atoms with Gasteiger partial charge in [0.05, 0.1) is 18.2 Å². The molecule has 1 atom stereocenters. The summed E-state index contributed by atoms with van der Waals surface area (Å²) in [4.78, 5) is 3.80. The van der Waals surface area contributed by atoms with Crippen LogP contribution in [-0.2, 0) is 7.05 Å². The van der Waals surface area contributed by atoms with Gasteiger partial charge in [0.15, 0.2) is 6.10 Å². The number of rotatable bonds is 1. The highest BCUT2D eigenvalue weighted by Crippen LogP contribution is 2.08. The van der Waals surface area contributed by atoms with Gasteiger partial charge in [-0.2, -0.15) is 0 Å². The highest BCUT2D eigenvalue weighted by molar-refractivity contribution is 5.12. The van der Waals surface area contributed by atoms with Crippen LogP contribution in [0.4, 0.5) is 0 Å². The van der Waals surface area contributed by atoms with Crippen LogP contribution in [0, 0.1) is 12.3 Å². The zero-order valence-electron chi connectivity index (χ0n) is 5.65. The van der Waals surface area contributed by atoms with Crippen LogP contribution in [0.25, 0.3) is 0 Å². The lowest BCUT2D eigenvalue weighted by molar-refractivity contribution is 0.229. The van der Waals surface area contributed by atoms with Crippen LogP contribution in [0.15, 0.2) is 12.5 Å². The van der Waals surface area contributed by atoms with E-state index in [0.717, 1.165) is 0 Å². The lowest BCUT2D eigenvalue weighted by atomic mass is 10.3. The molecule has 1 N–H and O–H groups in total. The van der Waals surface area contributed by atoms with Crippen molar-refractivity contribution in [3.8, 4) is 12.3 Å². The molecule has 1 aromatic heterocycles. The van der Waals surface area contributed by atoms with Crippen molar-refractivity contribution in [3.63, 3.8) is 0 Å². The summed E-state index contributed by atoms with van der Waals surface area (Å²) in [6.45, 7) is 0. The van der Waals surface area contributed by atoms with E-state index in [1.54, 1.807) is 24.1 Å². The van der Waals surface area contributed by atoms with Crippen molar-refractivity contribution in [2.24, 2.45) is 7.05 Å². The van der Waals surface area contributed by atoms with Gasteiger partial charge in [-0.1, -0.05) is 5.92 Å². The summed E-state index contributed by atoms with van der Waals surface area (Å²) in [6, 6.07) is 0. The second-order valence-electron chi connectivity index (χ2n) is 2.00. The minimum absolute atomic E-state index is 0.641. The van der Waals surface area contributed by atoms with Crippen LogP contribution < -0.4 is 0 Å². The minimum Gasteiger partial charge on any atom is -0.374 e. The van der Waals surface area contributed by atoms with Gasteiger partial charge >= 0.3 is 0 Å². The van der Waals surface area contributed by atoms with Crippen LogP contribution in [0.1, 0.15) is 11.8 Å². The fraction of sp³-hybridized carbons (Fsp3) is 0.286. The first kappa shape index (κ1) is 6.84. The zero-order valence-corrected chi connectivity index (χ0v) is 5.65. The van der Waals surface area contributed by atoms with E-state index in [2.05, 4.69) is 10.9 Å². The number of hydrogen-bond donors (Lipinski definition) is 1. The summed E-state index contributed by atoms with van der Waals surface area (Å²) in [5.41, 5.74) is 0.641. The van der Waals surface area contributed by atoms with Crippen molar-refractivity contribution < 1.29 is 5.11 Å². The predicted octanol–water partition coefficient (Wildman–Crippen LogP) is 0.0867. The third-order valence-corrected chi connectivity index (χ3v) is 1.29. The Morgan fingerprint density at radius 1 is 1.90 bits per heavy atom. The highest BCUT2D eigenvalue weighted by Gasteiger charge is 2.05. The maximum atomic E-state index is 9.10. The molecule has 1 heterocycles. The third-order valence-electron chi connectivity index (χ3n) is 1.29. The Hall–Kier alpha value is -1.27. The van der Waals surface area contributed by atoms with Crippen molar-refractivity contribution in [2.75, 3.05) is 0 Å². The Kier molecular flexibility index (Phi) is 1.74. The summed E-state index contributed by atoms with van der Waals surface area (Å²) in [5, 5.41) is 9.10. The molecule has 0 saturated carbocycles. The summed E-state index contributed by atoms with van der Waals surface area (Å²) in [5.74, 6) is 2.20. The summed E-state index contributed by atoms with van der Waals surface area (Å²) in [7, 11) is 1.78. The molecule has 0 amide bonds. The SMILES string of the molecule is C#CC(O)c1cncn1C. The van der Waals surface area contributed by atoms with E-state index >= 15 is 0 Å². The molecule has 0 aliphatic carbocycles. The van der Waals surface area contributed by atoms with Crippen LogP contribution in [0.3, 0.4) is 0 Å². The van der Waals surface area contributed by atoms with Crippen molar-refractivity contribution in [3.05, 3.63) is 18.2 Å². The van der Waals surface area contributed by atoms with Gasteiger partial charge in [-0.3, -0.25) is 0 Å². The molecule has 0 saturated heterocycles. The number of aliphatic hydroxyl groups excluding tert-OH is 1. The number of hydrogen-bond acceptors (Lipinski definition) is 2. The summed E-state index contributed by atoms with van der Waals surface area (Å²) < 4.78 is 1.69. The van der Waals surface area contributed by atoms with Crippen molar-refractivity contribution in [2.45, 2.75) is 6.10 Å². The predicted molar refractivity (Wildman–Crippen MR) is 37.0 cm³/mol. The van der Waals surface area contributed by atoms with Gasteiger partial charge in [-0.25, -0.2) is 4.98 Å². The molecule has 0 aliphatic rings. The molecular formula is C7H8N2O. The van der Waals surface area contributed by atoms with Gasteiger partial charge in [-0.05, 0) is 0 Å². The van der Waals surface area contributed by atoms with Gasteiger partial charge in [0, 0.05) is 7.05 Å². The number of terminal acetylenes is 1. The smallest absolute Gasteiger partial charge is 0.156 e. The van der Waals surface area contributed by atoms with Crippen LogP contribution >= 0.6 is 0 Å². The van der Waals surface area contributed by atoms with Crippen molar-refractivity contribution >= 4 is 0 Å². The van der Waals surface area contributed by atoms with Gasteiger partial charge in [0.1, 0.15) is 0 Å². The van der Waals surface area contributed by atoms with Crippen molar-refractivity contribution in [1.82, 2.24) is 9.55 Å². The van der Waals surface area contributed by atoms with Gasteiger partial charge in [0.2, 0.25) is 0 Å². The quantitative estimate of drug-likeness (QED) is 0.555. The molecule has 1 aromatic rings. The molecule has 0 radical (unpaired) electrons. The molecule has 0 fully saturated rings. The molecule has 3 heteroatoms. The standard InChI is InChI=1S/C7H8N2O/c1-3-7(10)6-4-8-5-9(6)2/h1,4-5,7,10H,2H3. The molecule has 1 unspecified atom stereocenters. The van der Waals surface area contributed by atoms with Gasteiger partial charge in [-0.15, -0.1) is 6.42 Å². The lowest BCUT2D eigenvalue weighted by Crippen LogP contribution is -2.00. The zero-order chi connectivity index (χ0) is 7.56. The Morgan fingerprint density at radius 2 is 2.60 bits per heavy atom. The minimum atomic E-state index is -0.840. The second-order valence-corrected chi connectivity index (χ2v) is 2.00. The Morgan fingerprint density at radius 3 is 3.00 bits per heavy atom. The molecule has 0 bridgehead atoms. The van der Waals surface area contributed by atoms with E-state index in [0.29, 0.717) is 5.69 Å². The van der Waals surface area contributed by atoms with E-state index in [-0.39, 0.29) is 0 Å². The van der Waals surface area contributed by atoms with Crippen molar-refractivity contribution in [1.29, 1.82) is 0 Å². The molecule has 0 spiro atoms. The maximum Gasteiger partial charge on any atom is 0.156 e. The molecular weight excluding hydrogens is 128 g/mol. The average Bonchev–Trinajstić information content (AvgIpc) is 2.34. The monoisotopic (exact) mass is 136 g/mol. The normalized spacial score (nSPS) is 12.5. The number of aliphatic hydroxyl groups is 1. The number of aromatic nitrogens is 2. The second kappa shape index (κ2) is 2.54. The number of nitrogens with zero attached hydrogens (tertiary/aromatic N) is 2.